The summed E-state index contributed by atoms with van der Waals surface area (Å²) in [5.41, 5.74) is 0.524. The fourth-order valence-corrected chi connectivity index (χ4v) is 1.55. The van der Waals surface area contributed by atoms with Gasteiger partial charge in [-0.3, -0.25) is 14.9 Å². The van der Waals surface area contributed by atoms with Gasteiger partial charge in [-0.25, -0.2) is 0 Å². The Balaban J connectivity index is 3.09. The molecular formula is C12H17N3O4. The Hall–Kier alpha value is -2.15. The number of nitrogens with one attached hydrogen (secondary N) is 1. The summed E-state index contributed by atoms with van der Waals surface area (Å²) >= 11 is 0. The lowest BCUT2D eigenvalue weighted by atomic mass is 10.1. The van der Waals surface area contributed by atoms with E-state index in [-0.39, 0.29) is 29.9 Å². The summed E-state index contributed by atoms with van der Waals surface area (Å²) in [6.45, 7) is 1.57. The number of nitrogens with zero attached hydrogens (tertiary/aromatic N) is 2. The smallest absolute Gasteiger partial charge is 0.292 e. The predicted molar refractivity (Wildman–Crippen MR) is 71.3 cm³/mol. The van der Waals surface area contributed by atoms with Crippen molar-refractivity contribution in [3.8, 4) is 0 Å². The molecule has 1 aromatic carbocycles. The molecule has 0 bridgehead atoms. The third-order valence-corrected chi connectivity index (χ3v) is 2.96. The van der Waals surface area contributed by atoms with Crippen molar-refractivity contribution in [2.75, 3.05) is 26.0 Å². The van der Waals surface area contributed by atoms with Crippen molar-refractivity contribution in [1.82, 2.24) is 4.90 Å². The van der Waals surface area contributed by atoms with E-state index in [9.17, 15) is 14.9 Å². The maximum absolute atomic E-state index is 12.1. The van der Waals surface area contributed by atoms with E-state index in [0.717, 1.165) is 0 Å². The summed E-state index contributed by atoms with van der Waals surface area (Å²) in [5, 5.41) is 22.5. The van der Waals surface area contributed by atoms with E-state index in [0.29, 0.717) is 5.56 Å². The number of aliphatic hydroxyl groups is 1. The van der Waals surface area contributed by atoms with Gasteiger partial charge in [-0.2, -0.15) is 0 Å². The Morgan fingerprint density at radius 1 is 1.58 bits per heavy atom. The molecule has 1 atom stereocenters. The summed E-state index contributed by atoms with van der Waals surface area (Å²) in [6.07, 6.45) is 0. The second-order valence-corrected chi connectivity index (χ2v) is 4.19. The number of anilines is 1. The summed E-state index contributed by atoms with van der Waals surface area (Å²) in [7, 11) is 3.13. The summed E-state index contributed by atoms with van der Waals surface area (Å²) in [6, 6.07) is 3.81. The minimum atomic E-state index is -0.514. The maximum Gasteiger partial charge on any atom is 0.292 e. The molecule has 1 aromatic rings. The van der Waals surface area contributed by atoms with E-state index in [1.807, 2.05) is 0 Å². The van der Waals surface area contributed by atoms with Gasteiger partial charge in [-0.05, 0) is 19.1 Å². The van der Waals surface area contributed by atoms with E-state index in [4.69, 9.17) is 5.11 Å². The van der Waals surface area contributed by atoms with Gasteiger partial charge >= 0.3 is 0 Å². The van der Waals surface area contributed by atoms with Crippen molar-refractivity contribution in [3.05, 3.63) is 33.9 Å². The van der Waals surface area contributed by atoms with Crippen molar-refractivity contribution < 1.29 is 14.8 Å². The highest BCUT2D eigenvalue weighted by molar-refractivity contribution is 5.96. The molecule has 0 saturated heterocycles. The molecule has 1 amide bonds. The lowest BCUT2D eigenvalue weighted by molar-refractivity contribution is -0.383. The molecule has 0 radical (unpaired) electrons. The summed E-state index contributed by atoms with van der Waals surface area (Å²) in [5.74, 6) is -0.298. The maximum atomic E-state index is 12.1. The van der Waals surface area contributed by atoms with Crippen LogP contribution in [0.1, 0.15) is 17.3 Å². The first-order valence-corrected chi connectivity index (χ1v) is 5.76. The molecule has 1 unspecified atom stereocenters. The second kappa shape index (κ2) is 6.14. The van der Waals surface area contributed by atoms with Crippen LogP contribution in [0, 0.1) is 10.1 Å². The molecule has 0 saturated carbocycles. The first-order valence-electron chi connectivity index (χ1n) is 5.76. The van der Waals surface area contributed by atoms with Crippen LogP contribution in [0.4, 0.5) is 11.4 Å². The van der Waals surface area contributed by atoms with Gasteiger partial charge in [0.05, 0.1) is 17.6 Å². The van der Waals surface area contributed by atoms with Gasteiger partial charge in [0.2, 0.25) is 0 Å². The van der Waals surface area contributed by atoms with Crippen LogP contribution in [-0.2, 0) is 0 Å². The number of aliphatic hydroxyl groups excluding tert-OH is 1. The molecule has 0 aliphatic heterocycles. The molecule has 2 N–H and O–H groups in total. The highest BCUT2D eigenvalue weighted by Crippen LogP contribution is 2.25. The molecular weight excluding hydrogens is 250 g/mol. The van der Waals surface area contributed by atoms with Gasteiger partial charge in [-0.1, -0.05) is 0 Å². The Kier molecular flexibility index (Phi) is 4.82. The average molecular weight is 267 g/mol. The van der Waals surface area contributed by atoms with E-state index in [1.165, 1.54) is 23.1 Å². The van der Waals surface area contributed by atoms with Gasteiger partial charge in [0, 0.05) is 25.7 Å². The van der Waals surface area contributed by atoms with Gasteiger partial charge in [-0.15, -0.1) is 0 Å². The molecule has 0 aliphatic rings. The molecule has 0 spiro atoms. The Bertz CT molecular complexity index is 490. The quantitative estimate of drug-likeness (QED) is 0.615. The van der Waals surface area contributed by atoms with Crippen LogP contribution in [-0.4, -0.2) is 47.6 Å². The fourth-order valence-electron chi connectivity index (χ4n) is 1.55. The number of carbonyl (C=O) groups excluding carboxylic acids is 1. The van der Waals surface area contributed by atoms with Crippen molar-refractivity contribution >= 4 is 17.3 Å². The average Bonchev–Trinajstić information content (AvgIpc) is 2.43. The molecule has 0 aromatic heterocycles. The van der Waals surface area contributed by atoms with E-state index in [1.54, 1.807) is 21.0 Å². The zero-order valence-corrected chi connectivity index (χ0v) is 11.1. The Labute approximate surface area is 111 Å². The van der Waals surface area contributed by atoms with Gasteiger partial charge in [0.15, 0.2) is 0 Å². The van der Waals surface area contributed by atoms with Crippen LogP contribution >= 0.6 is 0 Å². The number of amides is 1. The largest absolute Gasteiger partial charge is 0.394 e. The molecule has 7 nitrogen and oxygen atoms in total. The number of nitro groups is 1. The van der Waals surface area contributed by atoms with Crippen molar-refractivity contribution in [2.24, 2.45) is 0 Å². The number of benzene rings is 1. The standard InChI is InChI=1S/C12H17N3O4/c1-8(7-16)14(3)12(17)9-4-5-11(15(18)19)10(6-9)13-2/h4-6,8,13,16H,7H2,1-3H3. The summed E-state index contributed by atoms with van der Waals surface area (Å²) < 4.78 is 0. The molecule has 0 aliphatic carbocycles. The van der Waals surface area contributed by atoms with E-state index >= 15 is 0 Å². The number of likely N-dealkylation sites (N-methyl/N-ethyl adjacent to an activating group) is 1. The van der Waals surface area contributed by atoms with Crippen LogP contribution in [0.15, 0.2) is 18.2 Å². The first-order chi connectivity index (χ1) is 8.92. The third kappa shape index (κ3) is 3.19. The van der Waals surface area contributed by atoms with Crippen LogP contribution in [0.25, 0.3) is 0 Å². The van der Waals surface area contributed by atoms with Crippen molar-refractivity contribution in [2.45, 2.75) is 13.0 Å². The van der Waals surface area contributed by atoms with Crippen LogP contribution < -0.4 is 5.32 Å². The second-order valence-electron chi connectivity index (χ2n) is 4.19. The van der Waals surface area contributed by atoms with Gasteiger partial charge < -0.3 is 15.3 Å². The lowest BCUT2D eigenvalue weighted by Gasteiger charge is -2.23. The monoisotopic (exact) mass is 267 g/mol. The minimum absolute atomic E-state index is 0.0862. The Morgan fingerprint density at radius 2 is 2.21 bits per heavy atom. The topological polar surface area (TPSA) is 95.7 Å². The summed E-state index contributed by atoms with van der Waals surface area (Å²) in [4.78, 5) is 23.8. The molecule has 0 heterocycles. The van der Waals surface area contributed by atoms with Crippen molar-refractivity contribution in [1.29, 1.82) is 0 Å². The van der Waals surface area contributed by atoms with E-state index in [2.05, 4.69) is 5.32 Å². The number of hydrogen-bond acceptors (Lipinski definition) is 5. The molecule has 7 heteroatoms. The van der Waals surface area contributed by atoms with Gasteiger partial charge in [0.1, 0.15) is 5.69 Å². The van der Waals surface area contributed by atoms with Gasteiger partial charge in [0.25, 0.3) is 11.6 Å². The predicted octanol–water partition coefficient (Wildman–Crippen LogP) is 1.09. The number of nitro benzene ring substituents is 1. The highest BCUT2D eigenvalue weighted by atomic mass is 16.6. The van der Waals surface area contributed by atoms with Crippen LogP contribution in [0.2, 0.25) is 0 Å². The Morgan fingerprint density at radius 3 is 2.68 bits per heavy atom. The minimum Gasteiger partial charge on any atom is -0.394 e. The zero-order valence-electron chi connectivity index (χ0n) is 11.1. The normalized spacial score (nSPS) is 11.8. The third-order valence-electron chi connectivity index (χ3n) is 2.96. The number of carbonyl (C=O) groups is 1. The highest BCUT2D eigenvalue weighted by Gasteiger charge is 2.20. The fraction of sp³-hybridized carbons (Fsp3) is 0.417. The molecule has 19 heavy (non-hydrogen) atoms. The number of rotatable bonds is 5. The molecule has 104 valence electrons. The van der Waals surface area contributed by atoms with Crippen LogP contribution in [0.5, 0.6) is 0 Å². The van der Waals surface area contributed by atoms with Crippen molar-refractivity contribution in [3.63, 3.8) is 0 Å². The van der Waals surface area contributed by atoms with E-state index < -0.39 is 4.92 Å². The number of hydrogen-bond donors (Lipinski definition) is 2. The molecule has 1 rings (SSSR count). The lowest BCUT2D eigenvalue weighted by Crippen LogP contribution is -2.37. The molecule has 0 fully saturated rings. The first kappa shape index (κ1) is 14.9. The van der Waals surface area contributed by atoms with Crippen LogP contribution in [0.3, 0.4) is 0 Å². The zero-order chi connectivity index (χ0) is 14.6. The SMILES string of the molecule is CNc1cc(C(=O)N(C)C(C)CO)ccc1[N+](=O)[O-].